The second-order valence-corrected chi connectivity index (χ2v) is 18.3. The van der Waals surface area contributed by atoms with Gasteiger partial charge in [-0.1, -0.05) is 121 Å². The van der Waals surface area contributed by atoms with Crippen LogP contribution in [-0.4, -0.2) is 22.4 Å². The summed E-state index contributed by atoms with van der Waals surface area (Å²) in [5.41, 5.74) is 5.64. The summed E-state index contributed by atoms with van der Waals surface area (Å²) >= 11 is 0. The molecule has 0 atom stereocenters. The second-order valence-electron chi connectivity index (χ2n) is 14.6. The molecule has 0 saturated carbocycles. The number of rotatable bonds is 5. The molecule has 0 radical (unpaired) electrons. The van der Waals surface area contributed by atoms with Crippen molar-refractivity contribution in [3.05, 3.63) is 195 Å². The smallest absolute Gasteiger partial charge is 0.186 e. The minimum Gasteiger partial charge on any atom is -0.457 e. The Bertz CT molecular complexity index is 3320. The van der Waals surface area contributed by atoms with Crippen LogP contribution in [0.1, 0.15) is 0 Å². The van der Waals surface area contributed by atoms with Crippen LogP contribution in [0, 0.1) is 0 Å². The SMILES string of the molecule is c1ccc([Si]2(c3ccccc3)c3cccnc3N(c3cccc(Oc4ccc5c6ccccc6n6ccnc6c5c4)c3)c3c2ccc2c3oc3ccccc32)cc1. The van der Waals surface area contributed by atoms with Crippen molar-refractivity contribution >= 4 is 95.3 Å². The molecule has 57 heavy (non-hydrogen) atoms. The van der Waals surface area contributed by atoms with Crippen molar-refractivity contribution in [3.63, 3.8) is 0 Å². The number of benzene rings is 7. The zero-order valence-electron chi connectivity index (χ0n) is 30.6. The Morgan fingerprint density at radius 3 is 2.09 bits per heavy atom. The van der Waals surface area contributed by atoms with Gasteiger partial charge in [0, 0.05) is 46.2 Å². The van der Waals surface area contributed by atoms with Crippen LogP contribution < -0.4 is 30.4 Å². The fraction of sp³-hybridized carbons (Fsp3) is 0. The van der Waals surface area contributed by atoms with Gasteiger partial charge < -0.3 is 9.15 Å². The van der Waals surface area contributed by atoms with E-state index in [1.165, 1.54) is 26.1 Å². The van der Waals surface area contributed by atoms with Crippen LogP contribution in [0.15, 0.2) is 199 Å². The molecule has 7 aromatic carbocycles. The van der Waals surface area contributed by atoms with Crippen LogP contribution in [0.3, 0.4) is 0 Å². The lowest BCUT2D eigenvalue weighted by Gasteiger charge is -2.44. The quantitative estimate of drug-likeness (QED) is 0.130. The largest absolute Gasteiger partial charge is 0.457 e. The van der Waals surface area contributed by atoms with Crippen molar-refractivity contribution < 1.29 is 9.15 Å². The number of fused-ring (bicyclic) bond motifs is 12. The molecule has 1 aliphatic rings. The lowest BCUT2D eigenvalue weighted by molar-refractivity contribution is 0.483. The van der Waals surface area contributed by atoms with E-state index in [0.29, 0.717) is 5.75 Å². The minimum atomic E-state index is -2.96. The first-order valence-electron chi connectivity index (χ1n) is 19.1. The summed E-state index contributed by atoms with van der Waals surface area (Å²) in [5, 5.41) is 10.5. The molecule has 268 valence electrons. The Kier molecular flexibility index (Phi) is 6.85. The Morgan fingerprint density at radius 2 is 1.25 bits per heavy atom. The highest BCUT2D eigenvalue weighted by Crippen LogP contribution is 2.45. The third kappa shape index (κ3) is 4.57. The molecular weight excluding hydrogens is 717 g/mol. The van der Waals surface area contributed by atoms with Crippen molar-refractivity contribution in [2.24, 2.45) is 0 Å². The third-order valence-electron chi connectivity index (χ3n) is 11.6. The molecule has 0 N–H and O–H groups in total. The van der Waals surface area contributed by atoms with Gasteiger partial charge in [0.15, 0.2) is 13.7 Å². The molecule has 0 bridgehead atoms. The van der Waals surface area contributed by atoms with Crippen LogP contribution in [0.4, 0.5) is 17.2 Å². The lowest BCUT2D eigenvalue weighted by atomic mass is 10.1. The Balaban J connectivity index is 1.09. The van der Waals surface area contributed by atoms with Crippen LogP contribution >= 0.6 is 0 Å². The van der Waals surface area contributed by atoms with Crippen LogP contribution in [0.2, 0.25) is 0 Å². The predicted molar refractivity (Wildman–Crippen MR) is 234 cm³/mol. The molecule has 6 nitrogen and oxygen atoms in total. The molecule has 7 heteroatoms. The van der Waals surface area contributed by atoms with Crippen molar-refractivity contribution in [1.82, 2.24) is 14.4 Å². The second kappa shape index (κ2) is 12.3. The van der Waals surface area contributed by atoms with Crippen molar-refractivity contribution in [1.29, 1.82) is 0 Å². The summed E-state index contributed by atoms with van der Waals surface area (Å²) < 4.78 is 15.8. The van der Waals surface area contributed by atoms with Gasteiger partial charge in [-0.2, -0.15) is 0 Å². The van der Waals surface area contributed by atoms with Crippen LogP contribution in [-0.2, 0) is 0 Å². The van der Waals surface area contributed by atoms with E-state index in [-0.39, 0.29) is 0 Å². The van der Waals surface area contributed by atoms with Crippen LogP contribution in [0.25, 0.3) is 49.3 Å². The van der Waals surface area contributed by atoms with E-state index in [4.69, 9.17) is 19.1 Å². The monoisotopic (exact) mass is 748 g/mol. The highest BCUT2D eigenvalue weighted by atomic mass is 28.3. The first kappa shape index (κ1) is 31.8. The lowest BCUT2D eigenvalue weighted by Crippen LogP contribution is -2.77. The van der Waals surface area contributed by atoms with Gasteiger partial charge in [0.1, 0.15) is 28.5 Å². The molecule has 0 aliphatic carbocycles. The average Bonchev–Trinajstić information content (AvgIpc) is 3.93. The van der Waals surface area contributed by atoms with Gasteiger partial charge in [0.25, 0.3) is 0 Å². The number of pyridine rings is 2. The molecule has 0 amide bonds. The molecular formula is C50H32N4O2Si. The topological polar surface area (TPSA) is 55.8 Å². The van der Waals surface area contributed by atoms with Crippen molar-refractivity contribution in [3.8, 4) is 11.5 Å². The fourth-order valence-electron chi connectivity index (χ4n) is 9.27. The van der Waals surface area contributed by atoms with Gasteiger partial charge in [0.2, 0.25) is 0 Å². The highest BCUT2D eigenvalue weighted by molar-refractivity contribution is 7.21. The normalized spacial score (nSPS) is 13.4. The third-order valence-corrected chi connectivity index (χ3v) is 16.4. The first-order chi connectivity index (χ1) is 28.3. The molecule has 0 spiro atoms. The van der Waals surface area contributed by atoms with E-state index < -0.39 is 8.07 Å². The standard InChI is InChI=1S/C50H32N4O2Si/c1-3-15-36(16-4-1)57(37-17-5-2-6-18-37)45-27-26-41-40-20-8-10-22-44(40)56-48(41)47(45)54(50-46(57)23-12-28-51-50)33-13-11-14-34(31-33)55-35-24-25-38-39-19-7-9-21-43(39)53-30-29-52-49(53)42(38)32-35/h1-32H. The highest BCUT2D eigenvalue weighted by Gasteiger charge is 2.50. The Hall–Kier alpha value is -7.48. The van der Waals surface area contributed by atoms with E-state index in [9.17, 15) is 0 Å². The fourth-order valence-corrected chi connectivity index (χ4v) is 14.3. The van der Waals surface area contributed by atoms with E-state index in [1.54, 1.807) is 0 Å². The Morgan fingerprint density at radius 1 is 0.509 bits per heavy atom. The summed E-state index contributed by atoms with van der Waals surface area (Å²) in [6.07, 6.45) is 5.77. The predicted octanol–water partition coefficient (Wildman–Crippen LogP) is 9.89. The minimum absolute atomic E-state index is 0.711. The number of imidazole rings is 1. The summed E-state index contributed by atoms with van der Waals surface area (Å²) in [6, 6.07) is 62.3. The van der Waals surface area contributed by atoms with Gasteiger partial charge in [-0.3, -0.25) is 9.30 Å². The van der Waals surface area contributed by atoms with Gasteiger partial charge in [-0.05, 0) is 74.7 Å². The maximum absolute atomic E-state index is 6.92. The zero-order valence-corrected chi connectivity index (χ0v) is 31.6. The van der Waals surface area contributed by atoms with Gasteiger partial charge in [-0.15, -0.1) is 0 Å². The summed E-state index contributed by atoms with van der Waals surface area (Å²) in [6.45, 7) is 0. The van der Waals surface area contributed by atoms with Crippen molar-refractivity contribution in [2.45, 2.75) is 0 Å². The number of ether oxygens (including phenoxy) is 1. The van der Waals surface area contributed by atoms with E-state index in [0.717, 1.165) is 66.8 Å². The molecule has 4 aromatic heterocycles. The van der Waals surface area contributed by atoms with E-state index in [2.05, 4.69) is 167 Å². The molecule has 1 aliphatic heterocycles. The van der Waals surface area contributed by atoms with E-state index >= 15 is 0 Å². The summed E-state index contributed by atoms with van der Waals surface area (Å²) in [5.74, 6) is 2.33. The number of hydrogen-bond donors (Lipinski definition) is 0. The van der Waals surface area contributed by atoms with Gasteiger partial charge >= 0.3 is 0 Å². The van der Waals surface area contributed by atoms with Gasteiger partial charge in [-0.25, -0.2) is 9.97 Å². The molecule has 0 saturated heterocycles. The summed E-state index contributed by atoms with van der Waals surface area (Å²) in [7, 11) is -2.96. The number of aromatic nitrogens is 3. The number of nitrogens with zero attached hydrogens (tertiary/aromatic N) is 4. The molecule has 11 aromatic rings. The maximum atomic E-state index is 6.92. The Labute approximate surface area is 328 Å². The molecule has 5 heterocycles. The molecule has 0 unspecified atom stereocenters. The number of furan rings is 1. The van der Waals surface area contributed by atoms with Crippen LogP contribution in [0.5, 0.6) is 11.5 Å². The van der Waals surface area contributed by atoms with Gasteiger partial charge in [0.05, 0.1) is 16.9 Å². The average molecular weight is 749 g/mol. The number of anilines is 3. The molecule has 0 fully saturated rings. The zero-order chi connectivity index (χ0) is 37.5. The number of hydrogen-bond acceptors (Lipinski definition) is 5. The maximum Gasteiger partial charge on any atom is 0.186 e. The number of para-hydroxylation sites is 2. The van der Waals surface area contributed by atoms with Crippen molar-refractivity contribution in [2.75, 3.05) is 4.90 Å². The molecule has 12 rings (SSSR count). The summed E-state index contributed by atoms with van der Waals surface area (Å²) in [4.78, 5) is 12.3. The first-order valence-corrected chi connectivity index (χ1v) is 21.1. The van der Waals surface area contributed by atoms with E-state index in [1.807, 2.05) is 36.8 Å².